The predicted octanol–water partition coefficient (Wildman–Crippen LogP) is 4.71. The van der Waals surface area contributed by atoms with Crippen LogP contribution < -0.4 is 10.2 Å². The Bertz CT molecular complexity index is 1290. The second-order valence-corrected chi connectivity index (χ2v) is 10.3. The van der Waals surface area contributed by atoms with Gasteiger partial charge in [-0.2, -0.15) is 0 Å². The highest BCUT2D eigenvalue weighted by molar-refractivity contribution is 6.49. The second kappa shape index (κ2) is 10.8. The van der Waals surface area contributed by atoms with Crippen molar-refractivity contribution in [2.24, 2.45) is 4.99 Å². The minimum absolute atomic E-state index is 0.189. The van der Waals surface area contributed by atoms with E-state index in [0.717, 1.165) is 67.2 Å². The number of pyridine rings is 2. The maximum absolute atomic E-state index is 13.3. The third-order valence-electron chi connectivity index (χ3n) is 7.65. The molecule has 7 heteroatoms. The molecule has 2 aromatic heterocycles. The summed E-state index contributed by atoms with van der Waals surface area (Å²) in [5, 5.41) is 3.02. The summed E-state index contributed by atoms with van der Waals surface area (Å²) in [6.07, 6.45) is 12.8. The number of hydrogen-bond acceptors (Lipinski definition) is 6. The van der Waals surface area contributed by atoms with E-state index < -0.39 is 0 Å². The van der Waals surface area contributed by atoms with Gasteiger partial charge in [-0.15, -0.1) is 0 Å². The van der Waals surface area contributed by atoms with Crippen LogP contribution in [0, 0.1) is 0 Å². The number of carbonyl (C=O) groups excluding carboxylic acids is 1. The van der Waals surface area contributed by atoms with Crippen LogP contribution >= 0.6 is 0 Å². The number of piperidine rings is 1. The van der Waals surface area contributed by atoms with E-state index in [4.69, 9.17) is 0 Å². The fourth-order valence-electron chi connectivity index (χ4n) is 5.65. The maximum Gasteiger partial charge on any atom is 0.274 e. The van der Waals surface area contributed by atoms with Crippen molar-refractivity contribution in [2.45, 2.75) is 45.1 Å². The van der Waals surface area contributed by atoms with Gasteiger partial charge in [0, 0.05) is 49.7 Å². The molecule has 0 bridgehead atoms. The first-order chi connectivity index (χ1) is 18.2. The van der Waals surface area contributed by atoms with Crippen LogP contribution in [0.1, 0.15) is 48.8 Å². The third-order valence-corrected chi connectivity index (χ3v) is 7.65. The van der Waals surface area contributed by atoms with Crippen molar-refractivity contribution in [3.8, 4) is 11.1 Å². The van der Waals surface area contributed by atoms with Gasteiger partial charge < -0.3 is 10.2 Å². The Labute approximate surface area is 218 Å². The van der Waals surface area contributed by atoms with E-state index in [1.54, 1.807) is 6.20 Å². The van der Waals surface area contributed by atoms with E-state index in [1.165, 1.54) is 37.7 Å². The number of nitrogens with one attached hydrogen (secondary N) is 1. The summed E-state index contributed by atoms with van der Waals surface area (Å²) in [6.45, 7) is 5.97. The van der Waals surface area contributed by atoms with E-state index >= 15 is 0 Å². The van der Waals surface area contributed by atoms with Crippen LogP contribution in [0.25, 0.3) is 11.1 Å². The van der Waals surface area contributed by atoms with Crippen molar-refractivity contribution in [1.82, 2.24) is 14.9 Å². The van der Waals surface area contributed by atoms with Gasteiger partial charge in [0.1, 0.15) is 11.5 Å². The van der Waals surface area contributed by atoms with Gasteiger partial charge in [0.15, 0.2) is 0 Å². The highest BCUT2D eigenvalue weighted by atomic mass is 16.1. The summed E-state index contributed by atoms with van der Waals surface area (Å²) in [5.41, 5.74) is 6.61. The normalized spacial score (nSPS) is 17.8. The smallest absolute Gasteiger partial charge is 0.274 e. The number of hydrogen-bond donors (Lipinski definition) is 1. The number of anilines is 2. The molecule has 1 amide bonds. The number of likely N-dealkylation sites (tertiary alicyclic amines) is 1. The zero-order chi connectivity index (χ0) is 25.0. The second-order valence-electron chi connectivity index (χ2n) is 10.3. The molecule has 0 spiro atoms. The molecule has 5 heterocycles. The van der Waals surface area contributed by atoms with Crippen LogP contribution in [0.5, 0.6) is 0 Å². The Balaban J connectivity index is 1.19. The Morgan fingerprint density at radius 1 is 0.865 bits per heavy atom. The standard InChI is InChI=1S/C30H34N6O/c37-30(34-26-8-9-28(33-20-26)36-14-4-5-15-36)29-27-17-24(7-6-23(27)10-11-32-29)25-16-22(18-31-19-25)21-35-12-2-1-3-13-35/h6-9,16-20H,1-5,10-15,21H2,(H,34,37). The average Bonchev–Trinajstić information content (AvgIpc) is 3.49. The fraction of sp³-hybridized carbons (Fsp3) is 0.400. The molecular formula is C30H34N6O. The number of amides is 1. The molecule has 37 heavy (non-hydrogen) atoms. The molecule has 6 rings (SSSR count). The monoisotopic (exact) mass is 494 g/mol. The molecule has 0 saturated carbocycles. The molecular weight excluding hydrogens is 460 g/mol. The molecule has 1 N–H and O–H groups in total. The number of aliphatic imine (C=N–C) groups is 1. The van der Waals surface area contributed by atoms with Gasteiger partial charge in [0.2, 0.25) is 0 Å². The number of carbonyl (C=O) groups is 1. The molecule has 2 saturated heterocycles. The van der Waals surface area contributed by atoms with Crippen LogP contribution in [-0.2, 0) is 17.8 Å². The Morgan fingerprint density at radius 2 is 1.70 bits per heavy atom. The van der Waals surface area contributed by atoms with Crippen LogP contribution in [0.3, 0.4) is 0 Å². The van der Waals surface area contributed by atoms with Crippen molar-refractivity contribution in [2.75, 3.05) is 42.9 Å². The van der Waals surface area contributed by atoms with Crippen molar-refractivity contribution in [1.29, 1.82) is 0 Å². The van der Waals surface area contributed by atoms with Crippen molar-refractivity contribution >= 4 is 23.1 Å². The quantitative estimate of drug-likeness (QED) is 0.537. The van der Waals surface area contributed by atoms with Gasteiger partial charge in [-0.25, -0.2) is 4.98 Å². The minimum atomic E-state index is -0.189. The zero-order valence-electron chi connectivity index (χ0n) is 21.3. The topological polar surface area (TPSA) is 73.7 Å². The van der Waals surface area contributed by atoms with Gasteiger partial charge in [0.05, 0.1) is 11.9 Å². The first-order valence-corrected chi connectivity index (χ1v) is 13.6. The Kier molecular flexibility index (Phi) is 6.95. The number of rotatable bonds is 6. The van der Waals surface area contributed by atoms with Crippen LogP contribution in [0.2, 0.25) is 0 Å². The largest absolute Gasteiger partial charge is 0.357 e. The van der Waals surface area contributed by atoms with Gasteiger partial charge in [-0.3, -0.25) is 19.7 Å². The maximum atomic E-state index is 13.3. The lowest BCUT2D eigenvalue weighted by molar-refractivity contribution is -0.110. The van der Waals surface area contributed by atoms with Gasteiger partial charge in [-0.1, -0.05) is 18.6 Å². The number of nitrogens with zero attached hydrogens (tertiary/aromatic N) is 5. The van der Waals surface area contributed by atoms with E-state index in [0.29, 0.717) is 17.9 Å². The lowest BCUT2D eigenvalue weighted by Gasteiger charge is -2.26. The van der Waals surface area contributed by atoms with E-state index in [9.17, 15) is 4.79 Å². The van der Waals surface area contributed by atoms with E-state index in [-0.39, 0.29) is 5.91 Å². The van der Waals surface area contributed by atoms with Gasteiger partial charge in [-0.05, 0) is 86.1 Å². The summed E-state index contributed by atoms with van der Waals surface area (Å²) < 4.78 is 0. The lowest BCUT2D eigenvalue weighted by Crippen LogP contribution is -2.29. The van der Waals surface area contributed by atoms with E-state index in [1.807, 2.05) is 24.5 Å². The highest BCUT2D eigenvalue weighted by Crippen LogP contribution is 2.27. The zero-order valence-corrected chi connectivity index (χ0v) is 21.3. The van der Waals surface area contributed by atoms with Gasteiger partial charge >= 0.3 is 0 Å². The summed E-state index contributed by atoms with van der Waals surface area (Å²) in [5.74, 6) is 0.780. The molecule has 3 aliphatic rings. The van der Waals surface area contributed by atoms with Crippen molar-refractivity contribution < 1.29 is 4.79 Å². The number of aromatic nitrogens is 2. The summed E-state index contributed by atoms with van der Waals surface area (Å²) >= 11 is 0. The molecule has 0 atom stereocenters. The molecule has 7 nitrogen and oxygen atoms in total. The first-order valence-electron chi connectivity index (χ1n) is 13.6. The van der Waals surface area contributed by atoms with Crippen molar-refractivity contribution in [3.05, 3.63) is 71.7 Å². The number of benzene rings is 1. The molecule has 3 aromatic rings. The van der Waals surface area contributed by atoms with E-state index in [2.05, 4.69) is 54.3 Å². The first kappa shape index (κ1) is 23.8. The summed E-state index contributed by atoms with van der Waals surface area (Å²) in [4.78, 5) is 31.8. The molecule has 190 valence electrons. The number of fused-ring (bicyclic) bond motifs is 1. The molecule has 2 fully saturated rings. The van der Waals surface area contributed by atoms with Crippen LogP contribution in [-0.4, -0.2) is 59.2 Å². The SMILES string of the molecule is O=C(Nc1ccc(N2CCCC2)nc1)C1=NCCc2ccc(-c3cncc(CN4CCCCC4)c3)cc21. The Morgan fingerprint density at radius 3 is 2.51 bits per heavy atom. The molecule has 0 aliphatic carbocycles. The average molecular weight is 495 g/mol. The molecule has 0 unspecified atom stereocenters. The van der Waals surface area contributed by atoms with Crippen LogP contribution in [0.15, 0.2) is 60.0 Å². The van der Waals surface area contributed by atoms with Crippen LogP contribution in [0.4, 0.5) is 11.5 Å². The summed E-state index contributed by atoms with van der Waals surface area (Å²) in [6, 6.07) is 12.5. The summed E-state index contributed by atoms with van der Waals surface area (Å²) in [7, 11) is 0. The molecule has 1 aromatic carbocycles. The molecule has 3 aliphatic heterocycles. The lowest BCUT2D eigenvalue weighted by atomic mass is 9.93. The van der Waals surface area contributed by atoms with Crippen molar-refractivity contribution in [3.63, 3.8) is 0 Å². The predicted molar refractivity (Wildman–Crippen MR) is 148 cm³/mol. The highest BCUT2D eigenvalue weighted by Gasteiger charge is 2.22. The molecule has 0 radical (unpaired) electrons. The fourth-order valence-corrected chi connectivity index (χ4v) is 5.65. The minimum Gasteiger partial charge on any atom is -0.357 e. The Hall–Kier alpha value is -3.58. The van der Waals surface area contributed by atoms with Gasteiger partial charge in [0.25, 0.3) is 5.91 Å². The third kappa shape index (κ3) is 5.42.